The van der Waals surface area contributed by atoms with Crippen molar-refractivity contribution in [2.75, 3.05) is 26.7 Å². The average Bonchev–Trinajstić information content (AvgIpc) is 2.36. The van der Waals surface area contributed by atoms with Crippen LogP contribution in [0.2, 0.25) is 0 Å². The molecule has 3 heteroatoms. The van der Waals surface area contributed by atoms with Crippen LogP contribution in [-0.2, 0) is 0 Å². The lowest BCUT2D eigenvalue weighted by Crippen LogP contribution is -2.43. The molecule has 0 bridgehead atoms. The molecule has 1 aliphatic carbocycles. The minimum atomic E-state index is -0.205. The van der Waals surface area contributed by atoms with E-state index < -0.39 is 0 Å². The first-order valence-corrected chi connectivity index (χ1v) is 6.85. The average molecular weight is 263 g/mol. The summed E-state index contributed by atoms with van der Waals surface area (Å²) in [6, 6.07) is 6.48. The van der Waals surface area contributed by atoms with Gasteiger partial charge in [-0.25, -0.2) is 4.39 Å². The number of likely N-dealkylation sites (N-methyl/N-ethyl adjacent to an activating group) is 1. The standard InChI is InChI=1S/C16H22FNO/c1-18(12-16(13-19)9-3-10-16)11-2-4-14-5-7-15(17)8-6-14/h2,4-8,19H,3,9-13H2,1H3. The van der Waals surface area contributed by atoms with Crippen molar-refractivity contribution in [3.8, 4) is 0 Å². The van der Waals surface area contributed by atoms with Gasteiger partial charge in [-0.2, -0.15) is 0 Å². The molecule has 1 aromatic rings. The molecule has 1 N–H and O–H groups in total. The zero-order valence-corrected chi connectivity index (χ0v) is 11.5. The maximum Gasteiger partial charge on any atom is 0.123 e. The fourth-order valence-corrected chi connectivity index (χ4v) is 2.62. The summed E-state index contributed by atoms with van der Waals surface area (Å²) in [5.41, 5.74) is 1.15. The highest BCUT2D eigenvalue weighted by molar-refractivity contribution is 5.48. The van der Waals surface area contributed by atoms with Crippen LogP contribution in [0.3, 0.4) is 0 Å². The van der Waals surface area contributed by atoms with Gasteiger partial charge >= 0.3 is 0 Å². The summed E-state index contributed by atoms with van der Waals surface area (Å²) in [5, 5.41) is 9.43. The third-order valence-electron chi connectivity index (χ3n) is 3.95. The largest absolute Gasteiger partial charge is 0.396 e. The fourth-order valence-electron chi connectivity index (χ4n) is 2.62. The molecule has 19 heavy (non-hydrogen) atoms. The summed E-state index contributed by atoms with van der Waals surface area (Å²) in [7, 11) is 2.07. The Morgan fingerprint density at radius 1 is 1.32 bits per heavy atom. The van der Waals surface area contributed by atoms with Crippen LogP contribution in [-0.4, -0.2) is 36.8 Å². The van der Waals surface area contributed by atoms with Crippen LogP contribution in [0.15, 0.2) is 30.3 Å². The number of hydrogen-bond donors (Lipinski definition) is 1. The molecule has 104 valence electrons. The van der Waals surface area contributed by atoms with E-state index >= 15 is 0 Å². The van der Waals surface area contributed by atoms with Crippen LogP contribution < -0.4 is 0 Å². The minimum absolute atomic E-state index is 0.137. The Labute approximate surface area is 114 Å². The number of hydrogen-bond acceptors (Lipinski definition) is 2. The molecule has 0 spiro atoms. The molecule has 0 radical (unpaired) electrons. The molecule has 1 fully saturated rings. The molecule has 1 aromatic carbocycles. The first-order valence-electron chi connectivity index (χ1n) is 6.85. The van der Waals surface area contributed by atoms with E-state index in [0.29, 0.717) is 6.61 Å². The Morgan fingerprint density at radius 3 is 2.53 bits per heavy atom. The lowest BCUT2D eigenvalue weighted by molar-refractivity contribution is 0.0173. The molecule has 0 atom stereocenters. The number of rotatable bonds is 6. The monoisotopic (exact) mass is 263 g/mol. The van der Waals surface area contributed by atoms with Crippen molar-refractivity contribution in [2.24, 2.45) is 5.41 Å². The van der Waals surface area contributed by atoms with Gasteiger partial charge in [-0.05, 0) is 37.6 Å². The summed E-state index contributed by atoms with van der Waals surface area (Å²) >= 11 is 0. The minimum Gasteiger partial charge on any atom is -0.396 e. The summed E-state index contributed by atoms with van der Waals surface area (Å²) in [6.45, 7) is 2.08. The third-order valence-corrected chi connectivity index (χ3v) is 3.95. The predicted octanol–water partition coefficient (Wildman–Crippen LogP) is 2.93. The van der Waals surface area contributed by atoms with Gasteiger partial charge in [0.15, 0.2) is 0 Å². The van der Waals surface area contributed by atoms with Gasteiger partial charge in [0.05, 0.1) is 0 Å². The molecule has 1 saturated carbocycles. The molecule has 0 aliphatic heterocycles. The second-order valence-corrected chi connectivity index (χ2v) is 5.66. The predicted molar refractivity (Wildman–Crippen MR) is 76.3 cm³/mol. The van der Waals surface area contributed by atoms with Gasteiger partial charge in [0.2, 0.25) is 0 Å². The van der Waals surface area contributed by atoms with Crippen molar-refractivity contribution in [2.45, 2.75) is 19.3 Å². The van der Waals surface area contributed by atoms with E-state index in [1.54, 1.807) is 12.1 Å². The van der Waals surface area contributed by atoms with Gasteiger partial charge in [-0.1, -0.05) is 30.7 Å². The van der Waals surface area contributed by atoms with Crippen molar-refractivity contribution < 1.29 is 9.50 Å². The number of benzene rings is 1. The molecule has 0 amide bonds. The molecular formula is C16H22FNO. The highest BCUT2D eigenvalue weighted by atomic mass is 19.1. The maximum absolute atomic E-state index is 12.8. The Morgan fingerprint density at radius 2 is 2.00 bits per heavy atom. The Kier molecular flexibility index (Phi) is 4.72. The van der Waals surface area contributed by atoms with E-state index in [4.69, 9.17) is 0 Å². The van der Waals surface area contributed by atoms with E-state index in [1.165, 1.54) is 18.6 Å². The van der Waals surface area contributed by atoms with E-state index in [0.717, 1.165) is 31.5 Å². The van der Waals surface area contributed by atoms with E-state index in [2.05, 4.69) is 18.0 Å². The lowest BCUT2D eigenvalue weighted by atomic mass is 9.69. The van der Waals surface area contributed by atoms with E-state index in [1.807, 2.05) is 6.08 Å². The van der Waals surface area contributed by atoms with Crippen LogP contribution in [0, 0.1) is 11.2 Å². The number of halogens is 1. The van der Waals surface area contributed by atoms with Crippen molar-refractivity contribution in [3.63, 3.8) is 0 Å². The summed E-state index contributed by atoms with van der Waals surface area (Å²) < 4.78 is 12.8. The Hall–Kier alpha value is -1.19. The number of aliphatic hydroxyl groups is 1. The van der Waals surface area contributed by atoms with Crippen molar-refractivity contribution in [3.05, 3.63) is 41.7 Å². The number of aliphatic hydroxyl groups excluding tert-OH is 1. The lowest BCUT2D eigenvalue weighted by Gasteiger charge is -2.42. The second kappa shape index (κ2) is 6.31. The summed E-state index contributed by atoms with van der Waals surface area (Å²) in [4.78, 5) is 2.23. The Balaban J connectivity index is 1.79. The van der Waals surface area contributed by atoms with Crippen molar-refractivity contribution in [1.29, 1.82) is 0 Å². The molecule has 0 unspecified atom stereocenters. The zero-order chi connectivity index (χ0) is 13.7. The normalized spacial score (nSPS) is 17.9. The topological polar surface area (TPSA) is 23.5 Å². The molecule has 0 saturated heterocycles. The van der Waals surface area contributed by atoms with Crippen LogP contribution in [0.4, 0.5) is 4.39 Å². The van der Waals surface area contributed by atoms with E-state index in [9.17, 15) is 9.50 Å². The fraction of sp³-hybridized carbons (Fsp3) is 0.500. The van der Waals surface area contributed by atoms with Crippen molar-refractivity contribution in [1.82, 2.24) is 4.90 Å². The molecule has 0 aromatic heterocycles. The Bertz CT molecular complexity index is 417. The summed E-state index contributed by atoms with van der Waals surface area (Å²) in [5.74, 6) is -0.205. The van der Waals surface area contributed by atoms with Gasteiger partial charge in [-0.15, -0.1) is 0 Å². The van der Waals surface area contributed by atoms with Crippen LogP contribution >= 0.6 is 0 Å². The first kappa shape index (κ1) is 14.2. The SMILES string of the molecule is CN(CC=Cc1ccc(F)cc1)CC1(CO)CCC1. The molecule has 0 heterocycles. The van der Waals surface area contributed by atoms with Gasteiger partial charge in [0, 0.05) is 25.1 Å². The van der Waals surface area contributed by atoms with Gasteiger partial charge < -0.3 is 10.0 Å². The molecule has 2 nitrogen and oxygen atoms in total. The van der Waals surface area contributed by atoms with Gasteiger partial charge in [0.25, 0.3) is 0 Å². The summed E-state index contributed by atoms with van der Waals surface area (Å²) in [6.07, 6.45) is 7.59. The van der Waals surface area contributed by atoms with Crippen LogP contribution in [0.25, 0.3) is 6.08 Å². The first-order chi connectivity index (χ1) is 9.13. The second-order valence-electron chi connectivity index (χ2n) is 5.66. The van der Waals surface area contributed by atoms with Crippen LogP contribution in [0.1, 0.15) is 24.8 Å². The third kappa shape index (κ3) is 3.88. The molecular weight excluding hydrogens is 241 g/mol. The van der Waals surface area contributed by atoms with Gasteiger partial charge in [0.1, 0.15) is 5.82 Å². The molecule has 1 aliphatic rings. The maximum atomic E-state index is 12.8. The van der Waals surface area contributed by atoms with Crippen molar-refractivity contribution >= 4 is 6.08 Å². The smallest absolute Gasteiger partial charge is 0.123 e. The van der Waals surface area contributed by atoms with Crippen LogP contribution in [0.5, 0.6) is 0 Å². The quantitative estimate of drug-likeness (QED) is 0.853. The molecule has 2 rings (SSSR count). The highest BCUT2D eigenvalue weighted by Crippen LogP contribution is 2.40. The highest BCUT2D eigenvalue weighted by Gasteiger charge is 2.36. The number of nitrogens with zero attached hydrogens (tertiary/aromatic N) is 1. The van der Waals surface area contributed by atoms with E-state index in [-0.39, 0.29) is 11.2 Å². The zero-order valence-electron chi connectivity index (χ0n) is 11.5. The van der Waals surface area contributed by atoms with Gasteiger partial charge in [-0.3, -0.25) is 0 Å².